The third-order valence-electron chi connectivity index (χ3n) is 4.28. The van der Waals surface area contributed by atoms with Gasteiger partial charge < -0.3 is 0 Å². The molecule has 2 aromatic rings. The number of carbonyl (C=O) groups is 2. The van der Waals surface area contributed by atoms with E-state index < -0.39 is 0 Å². The summed E-state index contributed by atoms with van der Waals surface area (Å²) in [4.78, 5) is 28.4. The van der Waals surface area contributed by atoms with E-state index >= 15 is 0 Å². The van der Waals surface area contributed by atoms with Gasteiger partial charge in [0.15, 0.2) is 0 Å². The Hall–Kier alpha value is -2.11. The number of amides is 2. The van der Waals surface area contributed by atoms with Crippen molar-refractivity contribution in [2.75, 3.05) is 6.54 Å². The van der Waals surface area contributed by atoms with E-state index in [9.17, 15) is 14.0 Å². The van der Waals surface area contributed by atoms with Crippen molar-refractivity contribution in [1.82, 2.24) is 4.90 Å². The zero-order chi connectivity index (χ0) is 19.4. The minimum atomic E-state index is -0.386. The van der Waals surface area contributed by atoms with Gasteiger partial charge in [-0.3, -0.25) is 14.5 Å². The first kappa shape index (κ1) is 19.6. The molecule has 2 aromatic carbocycles. The Kier molecular flexibility index (Phi) is 6.34. The van der Waals surface area contributed by atoms with E-state index in [1.54, 1.807) is 24.3 Å². The van der Waals surface area contributed by atoms with Crippen LogP contribution in [0, 0.1) is 5.82 Å². The van der Waals surface area contributed by atoms with Crippen LogP contribution in [-0.4, -0.2) is 23.3 Å². The molecule has 0 atom stereocenters. The summed E-state index contributed by atoms with van der Waals surface area (Å²) in [7, 11) is 0. The second-order valence-corrected chi connectivity index (χ2v) is 7.76. The van der Waals surface area contributed by atoms with Crippen molar-refractivity contribution in [3.05, 3.63) is 69.8 Å². The maximum absolute atomic E-state index is 13.3. The van der Waals surface area contributed by atoms with Gasteiger partial charge in [-0.1, -0.05) is 55.3 Å². The van der Waals surface area contributed by atoms with Gasteiger partial charge in [-0.15, -0.1) is 0 Å². The summed E-state index contributed by atoms with van der Waals surface area (Å²) in [6.45, 7) is 2.46. The molecule has 27 heavy (non-hydrogen) atoms. The van der Waals surface area contributed by atoms with E-state index in [0.717, 1.165) is 24.2 Å². The van der Waals surface area contributed by atoms with Crippen LogP contribution >= 0.6 is 23.4 Å². The molecule has 0 bridgehead atoms. The van der Waals surface area contributed by atoms with Crippen LogP contribution < -0.4 is 0 Å². The van der Waals surface area contributed by atoms with E-state index in [-0.39, 0.29) is 17.6 Å². The maximum atomic E-state index is 13.3. The van der Waals surface area contributed by atoms with Crippen molar-refractivity contribution >= 4 is 40.8 Å². The third-order valence-corrected chi connectivity index (χ3v) is 5.62. The van der Waals surface area contributed by atoms with Gasteiger partial charge in [0.1, 0.15) is 5.82 Å². The Balaban J connectivity index is 1.97. The summed E-state index contributed by atoms with van der Waals surface area (Å²) < 4.78 is 13.3. The predicted molar refractivity (Wildman–Crippen MR) is 107 cm³/mol. The number of thioether (sulfide) groups is 1. The molecule has 0 saturated carbocycles. The number of unbranched alkanes of at least 4 members (excludes halogenated alkanes) is 2. The van der Waals surface area contributed by atoms with Crippen LogP contribution in [0.4, 0.5) is 4.39 Å². The standard InChI is InChI=1S/C21H19ClFNO2S/c1-2-3-4-13-24-20(25)18(14-5-9-16(23)10-6-14)19(21(24)26)27-17-11-7-15(22)8-12-17/h5-12H,2-4,13H2,1H3. The molecular formula is C21H19ClFNO2S. The highest BCUT2D eigenvalue weighted by atomic mass is 35.5. The molecule has 140 valence electrons. The fourth-order valence-corrected chi connectivity index (χ4v) is 4.00. The van der Waals surface area contributed by atoms with Gasteiger partial charge in [-0.25, -0.2) is 4.39 Å². The highest BCUT2D eigenvalue weighted by Gasteiger charge is 2.39. The van der Waals surface area contributed by atoms with Gasteiger partial charge in [0.2, 0.25) is 0 Å². The molecule has 1 aliphatic heterocycles. The first-order chi connectivity index (χ1) is 13.0. The second-order valence-electron chi connectivity index (χ2n) is 6.24. The second kappa shape index (κ2) is 8.72. The lowest BCUT2D eigenvalue weighted by molar-refractivity contribution is -0.136. The van der Waals surface area contributed by atoms with Gasteiger partial charge in [-0.05, 0) is 48.4 Å². The average molecular weight is 404 g/mol. The Morgan fingerprint density at radius 1 is 0.963 bits per heavy atom. The van der Waals surface area contributed by atoms with Crippen molar-refractivity contribution in [2.24, 2.45) is 0 Å². The Labute approximate surface area is 167 Å². The normalized spacial score (nSPS) is 14.4. The smallest absolute Gasteiger partial charge is 0.268 e. The number of imide groups is 1. The molecule has 0 spiro atoms. The molecule has 0 radical (unpaired) electrons. The summed E-state index contributed by atoms with van der Waals surface area (Å²) in [5.41, 5.74) is 0.876. The van der Waals surface area contributed by atoms with Crippen LogP contribution in [0.5, 0.6) is 0 Å². The van der Waals surface area contributed by atoms with Crippen LogP contribution in [0.25, 0.3) is 5.57 Å². The van der Waals surface area contributed by atoms with Crippen LogP contribution in [-0.2, 0) is 9.59 Å². The van der Waals surface area contributed by atoms with Crippen molar-refractivity contribution < 1.29 is 14.0 Å². The molecule has 1 aliphatic rings. The summed E-state index contributed by atoms with van der Waals surface area (Å²) in [6.07, 6.45) is 2.72. The van der Waals surface area contributed by atoms with Crippen molar-refractivity contribution in [3.63, 3.8) is 0 Å². The van der Waals surface area contributed by atoms with Gasteiger partial charge in [0, 0.05) is 16.5 Å². The van der Waals surface area contributed by atoms with Gasteiger partial charge >= 0.3 is 0 Å². The van der Waals surface area contributed by atoms with Crippen LogP contribution in [0.3, 0.4) is 0 Å². The van der Waals surface area contributed by atoms with E-state index in [4.69, 9.17) is 11.6 Å². The lowest BCUT2D eigenvalue weighted by Crippen LogP contribution is -2.32. The minimum absolute atomic E-state index is 0.296. The molecule has 6 heteroatoms. The third kappa shape index (κ3) is 4.42. The predicted octanol–water partition coefficient (Wildman–Crippen LogP) is 5.54. The zero-order valence-electron chi connectivity index (χ0n) is 14.9. The number of benzene rings is 2. The summed E-state index contributed by atoms with van der Waals surface area (Å²) >= 11 is 7.16. The molecule has 0 N–H and O–H groups in total. The molecule has 2 amide bonds. The van der Waals surface area contributed by atoms with E-state index in [0.29, 0.717) is 27.6 Å². The molecule has 1 heterocycles. The number of rotatable bonds is 7. The summed E-state index contributed by atoms with van der Waals surface area (Å²) in [5, 5.41) is 0.599. The lowest BCUT2D eigenvalue weighted by atomic mass is 10.1. The number of hydrogen-bond donors (Lipinski definition) is 0. The van der Waals surface area contributed by atoms with Crippen LogP contribution in [0.2, 0.25) is 5.02 Å². The highest BCUT2D eigenvalue weighted by molar-refractivity contribution is 8.04. The molecule has 0 aliphatic carbocycles. The topological polar surface area (TPSA) is 37.4 Å². The van der Waals surface area contributed by atoms with Crippen molar-refractivity contribution in [1.29, 1.82) is 0 Å². The number of halogens is 2. The minimum Gasteiger partial charge on any atom is -0.274 e. The molecule has 0 fully saturated rings. The average Bonchev–Trinajstić information content (AvgIpc) is 2.89. The molecule has 3 nitrogen and oxygen atoms in total. The summed E-state index contributed by atoms with van der Waals surface area (Å²) in [5.74, 6) is -1.00. The molecule has 0 saturated heterocycles. The van der Waals surface area contributed by atoms with E-state index in [2.05, 4.69) is 6.92 Å². The maximum Gasteiger partial charge on any atom is 0.268 e. The molecule has 0 unspecified atom stereocenters. The number of hydrogen-bond acceptors (Lipinski definition) is 3. The molecular weight excluding hydrogens is 385 g/mol. The first-order valence-corrected chi connectivity index (χ1v) is 10.0. The van der Waals surface area contributed by atoms with Crippen molar-refractivity contribution in [3.8, 4) is 0 Å². The largest absolute Gasteiger partial charge is 0.274 e. The van der Waals surface area contributed by atoms with Crippen molar-refractivity contribution in [2.45, 2.75) is 31.1 Å². The van der Waals surface area contributed by atoms with Crippen LogP contribution in [0.15, 0.2) is 58.3 Å². The van der Waals surface area contributed by atoms with Gasteiger partial charge in [0.25, 0.3) is 11.8 Å². The monoisotopic (exact) mass is 403 g/mol. The first-order valence-electron chi connectivity index (χ1n) is 8.81. The quantitative estimate of drug-likeness (QED) is 0.449. The molecule has 0 aromatic heterocycles. The van der Waals surface area contributed by atoms with E-state index in [1.165, 1.54) is 40.9 Å². The van der Waals surface area contributed by atoms with E-state index in [1.807, 2.05) is 0 Å². The molecule has 3 rings (SSSR count). The summed E-state index contributed by atoms with van der Waals surface area (Å²) in [6, 6.07) is 12.8. The Bertz CT molecular complexity index is 878. The fourth-order valence-electron chi connectivity index (χ4n) is 2.86. The lowest BCUT2D eigenvalue weighted by Gasteiger charge is -2.14. The number of carbonyl (C=O) groups excluding carboxylic acids is 2. The van der Waals surface area contributed by atoms with Gasteiger partial charge in [-0.2, -0.15) is 0 Å². The van der Waals surface area contributed by atoms with Crippen LogP contribution in [0.1, 0.15) is 31.7 Å². The zero-order valence-corrected chi connectivity index (χ0v) is 16.4. The number of nitrogens with zero attached hydrogens (tertiary/aromatic N) is 1. The SMILES string of the molecule is CCCCCN1C(=O)C(Sc2ccc(Cl)cc2)=C(c2ccc(F)cc2)C1=O. The van der Waals surface area contributed by atoms with Gasteiger partial charge in [0.05, 0.1) is 10.5 Å². The Morgan fingerprint density at radius 3 is 2.26 bits per heavy atom. The fraction of sp³-hybridized carbons (Fsp3) is 0.238. The Morgan fingerprint density at radius 2 is 1.63 bits per heavy atom. The highest BCUT2D eigenvalue weighted by Crippen LogP contribution is 2.40.